The summed E-state index contributed by atoms with van der Waals surface area (Å²) in [5.41, 5.74) is 9.95. The summed E-state index contributed by atoms with van der Waals surface area (Å²) in [6, 6.07) is 0. The molecular formula is C3H9N2NaO3S. The van der Waals surface area contributed by atoms with Crippen LogP contribution in [0.3, 0.4) is 0 Å². The van der Waals surface area contributed by atoms with Crippen LogP contribution in [0, 0.1) is 0 Å². The quantitative estimate of drug-likeness (QED) is 0.255. The molecule has 7 heteroatoms. The van der Waals surface area contributed by atoms with Crippen molar-refractivity contribution in [1.29, 1.82) is 0 Å². The van der Waals surface area contributed by atoms with Gasteiger partial charge in [-0.25, -0.2) is 8.42 Å². The van der Waals surface area contributed by atoms with E-state index in [2.05, 4.69) is 0 Å². The van der Waals surface area contributed by atoms with Crippen molar-refractivity contribution >= 4 is 10.1 Å². The monoisotopic (exact) mass is 176 g/mol. The first-order valence-corrected chi connectivity index (χ1v) is 3.94. The van der Waals surface area contributed by atoms with E-state index in [1.807, 2.05) is 0 Å². The Morgan fingerprint density at radius 2 is 1.80 bits per heavy atom. The van der Waals surface area contributed by atoms with Gasteiger partial charge in [0, 0.05) is 5.75 Å². The van der Waals surface area contributed by atoms with Crippen molar-refractivity contribution in [2.75, 3.05) is 5.75 Å². The van der Waals surface area contributed by atoms with Crippen LogP contribution in [-0.2, 0) is 10.1 Å². The van der Waals surface area contributed by atoms with Gasteiger partial charge in [0.25, 0.3) is 0 Å². The van der Waals surface area contributed by atoms with E-state index >= 15 is 0 Å². The molecule has 0 aromatic carbocycles. The molecule has 10 heavy (non-hydrogen) atoms. The fourth-order valence-corrected chi connectivity index (χ4v) is 0.841. The van der Waals surface area contributed by atoms with Crippen molar-refractivity contribution in [3.63, 3.8) is 0 Å². The molecule has 0 saturated carbocycles. The fraction of sp³-hybridized carbons (Fsp3) is 1.00. The molecule has 0 fully saturated rings. The zero-order valence-corrected chi connectivity index (χ0v) is 8.60. The predicted octanol–water partition coefficient (Wildman–Crippen LogP) is -4.83. The molecule has 0 heterocycles. The SMILES string of the molecule is NC(N)CCS(=O)(=O)[O-].[Na+]. The van der Waals surface area contributed by atoms with Crippen LogP contribution >= 0.6 is 0 Å². The molecule has 0 aromatic heterocycles. The van der Waals surface area contributed by atoms with Crippen LogP contribution in [-0.4, -0.2) is 24.9 Å². The molecule has 5 nitrogen and oxygen atoms in total. The Kier molecular flexibility index (Phi) is 7.35. The second kappa shape index (κ2) is 5.48. The van der Waals surface area contributed by atoms with Gasteiger partial charge in [0.15, 0.2) is 0 Å². The molecule has 0 aromatic rings. The van der Waals surface area contributed by atoms with Gasteiger partial charge in [-0.2, -0.15) is 0 Å². The summed E-state index contributed by atoms with van der Waals surface area (Å²) in [6.45, 7) is 0. The van der Waals surface area contributed by atoms with Gasteiger partial charge in [0.05, 0.1) is 16.3 Å². The van der Waals surface area contributed by atoms with Crippen molar-refractivity contribution in [3.05, 3.63) is 0 Å². The topological polar surface area (TPSA) is 109 Å². The average molecular weight is 176 g/mol. The molecular weight excluding hydrogens is 167 g/mol. The third-order valence-corrected chi connectivity index (χ3v) is 1.44. The summed E-state index contributed by atoms with van der Waals surface area (Å²) in [7, 11) is -4.13. The number of hydrogen-bond donors (Lipinski definition) is 2. The van der Waals surface area contributed by atoms with Gasteiger partial charge in [-0.05, 0) is 6.42 Å². The summed E-state index contributed by atoms with van der Waals surface area (Å²) >= 11 is 0. The van der Waals surface area contributed by atoms with E-state index in [0.29, 0.717) is 0 Å². The molecule has 0 bridgehead atoms. The van der Waals surface area contributed by atoms with E-state index in [1.54, 1.807) is 0 Å². The van der Waals surface area contributed by atoms with Crippen LogP contribution in [0.1, 0.15) is 6.42 Å². The molecule has 56 valence electrons. The van der Waals surface area contributed by atoms with Crippen molar-refractivity contribution in [1.82, 2.24) is 0 Å². The maximum Gasteiger partial charge on any atom is 1.00 e. The van der Waals surface area contributed by atoms with Crippen LogP contribution in [0.25, 0.3) is 0 Å². The van der Waals surface area contributed by atoms with Crippen molar-refractivity contribution in [3.8, 4) is 0 Å². The van der Waals surface area contributed by atoms with E-state index in [9.17, 15) is 13.0 Å². The third-order valence-electron chi connectivity index (χ3n) is 0.701. The van der Waals surface area contributed by atoms with Gasteiger partial charge < -0.3 is 16.0 Å². The van der Waals surface area contributed by atoms with Crippen LogP contribution in [0.2, 0.25) is 0 Å². The Hall–Kier alpha value is 0.830. The first-order valence-electron chi connectivity index (χ1n) is 2.36. The molecule has 0 aliphatic carbocycles. The van der Waals surface area contributed by atoms with E-state index in [1.165, 1.54) is 0 Å². The van der Waals surface area contributed by atoms with Crippen molar-refractivity contribution in [2.24, 2.45) is 11.5 Å². The number of rotatable bonds is 3. The molecule has 0 atom stereocenters. The Morgan fingerprint density at radius 3 is 1.90 bits per heavy atom. The van der Waals surface area contributed by atoms with Crippen LogP contribution in [0.15, 0.2) is 0 Å². The van der Waals surface area contributed by atoms with E-state index in [4.69, 9.17) is 11.5 Å². The van der Waals surface area contributed by atoms with Gasteiger partial charge in [-0.15, -0.1) is 0 Å². The molecule has 0 spiro atoms. The van der Waals surface area contributed by atoms with Gasteiger partial charge in [-0.3, -0.25) is 0 Å². The van der Waals surface area contributed by atoms with Crippen LogP contribution in [0.4, 0.5) is 0 Å². The Bertz CT molecular complexity index is 167. The molecule has 0 amide bonds. The summed E-state index contributed by atoms with van der Waals surface area (Å²) in [5.74, 6) is -0.481. The fourth-order valence-electron chi connectivity index (χ4n) is 0.280. The minimum atomic E-state index is -4.13. The van der Waals surface area contributed by atoms with Crippen molar-refractivity contribution in [2.45, 2.75) is 12.6 Å². The van der Waals surface area contributed by atoms with Crippen LogP contribution < -0.4 is 41.0 Å². The first-order chi connectivity index (χ1) is 3.92. The summed E-state index contributed by atoms with van der Waals surface area (Å²) in [6.07, 6.45) is -0.694. The minimum absolute atomic E-state index is 0. The van der Waals surface area contributed by atoms with Gasteiger partial charge >= 0.3 is 29.6 Å². The second-order valence-electron chi connectivity index (χ2n) is 1.71. The maximum absolute atomic E-state index is 9.87. The average Bonchev–Trinajstić information content (AvgIpc) is 1.59. The minimum Gasteiger partial charge on any atom is -0.748 e. The zero-order chi connectivity index (χ0) is 7.49. The molecule has 0 saturated heterocycles. The van der Waals surface area contributed by atoms with E-state index in [-0.39, 0.29) is 36.0 Å². The Labute approximate surface area is 82.2 Å². The number of nitrogens with two attached hydrogens (primary N) is 2. The molecule has 0 unspecified atom stereocenters. The standard InChI is InChI=1S/C3H10N2O3S.Na/c4-3(5)1-2-9(6,7)8;/h3H,1-2,4-5H2,(H,6,7,8);/q;+1/p-1. The number of hydrogen-bond acceptors (Lipinski definition) is 5. The maximum atomic E-state index is 9.87. The normalized spacial score (nSPS) is 11.2. The van der Waals surface area contributed by atoms with E-state index in [0.717, 1.165) is 0 Å². The molecule has 0 radical (unpaired) electrons. The Morgan fingerprint density at radius 1 is 1.40 bits per heavy atom. The molecule has 0 rings (SSSR count). The zero-order valence-electron chi connectivity index (χ0n) is 5.78. The second-order valence-corrected chi connectivity index (χ2v) is 3.24. The first kappa shape index (κ1) is 13.4. The molecule has 0 aliphatic heterocycles. The molecule has 4 N–H and O–H groups in total. The van der Waals surface area contributed by atoms with Gasteiger partial charge in [-0.1, -0.05) is 0 Å². The Balaban J connectivity index is 0. The van der Waals surface area contributed by atoms with Gasteiger partial charge in [0.2, 0.25) is 0 Å². The predicted molar refractivity (Wildman–Crippen MR) is 31.3 cm³/mol. The molecule has 0 aliphatic rings. The third kappa shape index (κ3) is 11.6. The summed E-state index contributed by atoms with van der Waals surface area (Å²) in [4.78, 5) is 0. The smallest absolute Gasteiger partial charge is 0.748 e. The summed E-state index contributed by atoms with van der Waals surface area (Å²) < 4.78 is 29.6. The largest absolute Gasteiger partial charge is 1.00 e. The van der Waals surface area contributed by atoms with Crippen molar-refractivity contribution < 1.29 is 42.5 Å². The van der Waals surface area contributed by atoms with Gasteiger partial charge in [0.1, 0.15) is 0 Å². The van der Waals surface area contributed by atoms with E-state index < -0.39 is 22.0 Å². The van der Waals surface area contributed by atoms with Crippen LogP contribution in [0.5, 0.6) is 0 Å². The summed E-state index contributed by atoms with van der Waals surface area (Å²) in [5, 5.41) is 0.